The Balaban J connectivity index is 2.29. The van der Waals surface area contributed by atoms with Crippen LogP contribution < -0.4 is 9.86 Å². The minimum Gasteiger partial charge on any atom is -0.303 e. The minimum absolute atomic E-state index is 0.260. The summed E-state index contributed by atoms with van der Waals surface area (Å²) in [6, 6.07) is 2.32. The van der Waals surface area contributed by atoms with Gasteiger partial charge in [0.25, 0.3) is 10.2 Å². The molecule has 0 spiro atoms. The standard InChI is InChI=1S/C13H26N4O2S/c1-13(2,11-14)6-4-8-17-7-3-5-12(10-17)9-16-20(15,18)19/h12,16H,3-10H2,1-2H3,(H2,15,18,19). The van der Waals surface area contributed by atoms with Crippen LogP contribution in [-0.4, -0.2) is 39.5 Å². The Morgan fingerprint density at radius 2 is 2.20 bits per heavy atom. The quantitative estimate of drug-likeness (QED) is 0.727. The number of nitriles is 1. The van der Waals surface area contributed by atoms with E-state index in [1.54, 1.807) is 0 Å². The molecule has 1 rings (SSSR count). The molecule has 0 aromatic heterocycles. The zero-order chi connectivity index (χ0) is 15.2. The van der Waals surface area contributed by atoms with Gasteiger partial charge in [-0.2, -0.15) is 13.7 Å². The van der Waals surface area contributed by atoms with E-state index >= 15 is 0 Å². The van der Waals surface area contributed by atoms with Gasteiger partial charge in [0.15, 0.2) is 0 Å². The van der Waals surface area contributed by atoms with Crippen LogP contribution in [0.5, 0.6) is 0 Å². The molecule has 7 heteroatoms. The molecule has 116 valence electrons. The Bertz CT molecular complexity index is 442. The van der Waals surface area contributed by atoms with Crippen LogP contribution in [0.2, 0.25) is 0 Å². The van der Waals surface area contributed by atoms with Gasteiger partial charge in [0.05, 0.1) is 11.5 Å². The maximum atomic E-state index is 10.9. The Labute approximate surface area is 122 Å². The van der Waals surface area contributed by atoms with Crippen LogP contribution in [0.4, 0.5) is 0 Å². The normalized spacial score (nSPS) is 21.6. The summed E-state index contributed by atoms with van der Waals surface area (Å²) in [5.74, 6) is 0.325. The molecule has 1 atom stereocenters. The molecule has 0 saturated carbocycles. The van der Waals surface area contributed by atoms with Crippen molar-refractivity contribution in [2.24, 2.45) is 16.5 Å². The van der Waals surface area contributed by atoms with Crippen molar-refractivity contribution in [1.82, 2.24) is 9.62 Å². The second-order valence-corrected chi connectivity index (χ2v) is 7.68. The maximum Gasteiger partial charge on any atom is 0.274 e. The lowest BCUT2D eigenvalue weighted by Crippen LogP contribution is -2.42. The van der Waals surface area contributed by atoms with E-state index in [2.05, 4.69) is 15.7 Å². The topological polar surface area (TPSA) is 99.2 Å². The first-order chi connectivity index (χ1) is 9.22. The summed E-state index contributed by atoms with van der Waals surface area (Å²) in [4.78, 5) is 2.35. The lowest BCUT2D eigenvalue weighted by Gasteiger charge is -2.33. The summed E-state index contributed by atoms with van der Waals surface area (Å²) in [6.07, 6.45) is 4.00. The molecule has 1 aliphatic heterocycles. The van der Waals surface area contributed by atoms with Crippen molar-refractivity contribution in [3.05, 3.63) is 0 Å². The van der Waals surface area contributed by atoms with Crippen LogP contribution in [0, 0.1) is 22.7 Å². The lowest BCUT2D eigenvalue weighted by molar-refractivity contribution is 0.169. The maximum absolute atomic E-state index is 10.9. The van der Waals surface area contributed by atoms with Crippen LogP contribution in [0.1, 0.15) is 39.5 Å². The molecule has 0 aromatic carbocycles. The zero-order valence-corrected chi connectivity index (χ0v) is 13.2. The average molecular weight is 302 g/mol. The van der Waals surface area contributed by atoms with E-state index in [9.17, 15) is 8.42 Å². The number of piperidine rings is 1. The first-order valence-corrected chi connectivity index (χ1v) is 8.67. The lowest BCUT2D eigenvalue weighted by atomic mass is 9.89. The van der Waals surface area contributed by atoms with Crippen LogP contribution in [0.25, 0.3) is 0 Å². The Morgan fingerprint density at radius 1 is 1.50 bits per heavy atom. The molecule has 1 unspecified atom stereocenters. The fourth-order valence-corrected chi connectivity index (χ4v) is 3.02. The fourth-order valence-electron chi connectivity index (χ4n) is 2.56. The van der Waals surface area contributed by atoms with Crippen molar-refractivity contribution in [1.29, 1.82) is 5.26 Å². The number of nitrogens with two attached hydrogens (primary N) is 1. The molecule has 1 fully saturated rings. The summed E-state index contributed by atoms with van der Waals surface area (Å²) >= 11 is 0. The smallest absolute Gasteiger partial charge is 0.274 e. The van der Waals surface area contributed by atoms with Gasteiger partial charge in [-0.1, -0.05) is 0 Å². The monoisotopic (exact) mass is 302 g/mol. The van der Waals surface area contributed by atoms with Crippen LogP contribution >= 0.6 is 0 Å². The largest absolute Gasteiger partial charge is 0.303 e. The van der Waals surface area contributed by atoms with E-state index < -0.39 is 10.2 Å². The van der Waals surface area contributed by atoms with E-state index in [0.717, 1.165) is 45.3 Å². The van der Waals surface area contributed by atoms with Crippen LogP contribution in [0.15, 0.2) is 0 Å². The third kappa shape index (κ3) is 7.20. The van der Waals surface area contributed by atoms with Crippen molar-refractivity contribution < 1.29 is 8.42 Å². The Hall–Kier alpha value is -0.680. The molecule has 1 heterocycles. The molecule has 1 aliphatic rings. The average Bonchev–Trinajstić information content (AvgIpc) is 2.36. The molecule has 0 aromatic rings. The SMILES string of the molecule is CC(C)(C#N)CCCN1CCCC(CNS(N)(=O)=O)C1. The van der Waals surface area contributed by atoms with Gasteiger partial charge in [0, 0.05) is 13.1 Å². The molecule has 3 N–H and O–H groups in total. The first-order valence-electron chi connectivity index (χ1n) is 7.13. The molecular formula is C13H26N4O2S. The highest BCUT2D eigenvalue weighted by molar-refractivity contribution is 7.87. The predicted molar refractivity (Wildman–Crippen MR) is 78.9 cm³/mol. The van der Waals surface area contributed by atoms with E-state index in [1.807, 2.05) is 13.8 Å². The second-order valence-electron chi connectivity index (χ2n) is 6.30. The van der Waals surface area contributed by atoms with E-state index in [-0.39, 0.29) is 5.41 Å². The highest BCUT2D eigenvalue weighted by Crippen LogP contribution is 2.22. The van der Waals surface area contributed by atoms with E-state index in [0.29, 0.717) is 12.5 Å². The van der Waals surface area contributed by atoms with Crippen LogP contribution in [-0.2, 0) is 10.2 Å². The molecule has 0 aliphatic carbocycles. The Kier molecular flexibility index (Phi) is 6.40. The summed E-state index contributed by atoms with van der Waals surface area (Å²) < 4.78 is 24.2. The van der Waals surface area contributed by atoms with Gasteiger partial charge < -0.3 is 4.90 Å². The number of rotatable bonds is 7. The van der Waals surface area contributed by atoms with Gasteiger partial charge in [-0.25, -0.2) is 9.86 Å². The number of hydrogen-bond donors (Lipinski definition) is 2. The van der Waals surface area contributed by atoms with E-state index in [4.69, 9.17) is 10.4 Å². The molecule has 0 amide bonds. The van der Waals surface area contributed by atoms with Gasteiger partial charge in [-0.05, 0) is 58.5 Å². The Morgan fingerprint density at radius 3 is 2.80 bits per heavy atom. The second kappa shape index (κ2) is 7.36. The summed E-state index contributed by atoms with van der Waals surface area (Å²) in [5, 5.41) is 13.9. The number of likely N-dealkylation sites (tertiary alicyclic amines) is 1. The molecule has 1 saturated heterocycles. The van der Waals surface area contributed by atoms with E-state index in [1.165, 1.54) is 0 Å². The first kappa shape index (κ1) is 17.4. The number of hydrogen-bond acceptors (Lipinski definition) is 4. The fraction of sp³-hybridized carbons (Fsp3) is 0.923. The molecule has 6 nitrogen and oxygen atoms in total. The van der Waals surface area contributed by atoms with Gasteiger partial charge in [-0.15, -0.1) is 0 Å². The van der Waals surface area contributed by atoms with Gasteiger partial charge in [0.1, 0.15) is 0 Å². The van der Waals surface area contributed by atoms with Gasteiger partial charge in [0.2, 0.25) is 0 Å². The van der Waals surface area contributed by atoms with Crippen molar-refractivity contribution in [3.8, 4) is 6.07 Å². The van der Waals surface area contributed by atoms with Gasteiger partial charge >= 0.3 is 0 Å². The van der Waals surface area contributed by atoms with Crippen molar-refractivity contribution in [2.75, 3.05) is 26.2 Å². The zero-order valence-electron chi connectivity index (χ0n) is 12.4. The highest BCUT2D eigenvalue weighted by atomic mass is 32.2. The third-order valence-electron chi connectivity index (χ3n) is 3.76. The summed E-state index contributed by atoms with van der Waals surface area (Å²) in [5.41, 5.74) is -0.260. The summed E-state index contributed by atoms with van der Waals surface area (Å²) in [7, 11) is -3.59. The van der Waals surface area contributed by atoms with Crippen molar-refractivity contribution >= 4 is 10.2 Å². The minimum atomic E-state index is -3.59. The number of nitrogens with one attached hydrogen (secondary N) is 1. The number of nitrogens with zero attached hydrogens (tertiary/aromatic N) is 2. The molecular weight excluding hydrogens is 276 g/mol. The molecule has 20 heavy (non-hydrogen) atoms. The van der Waals surface area contributed by atoms with Crippen molar-refractivity contribution in [3.63, 3.8) is 0 Å². The molecule has 0 bridgehead atoms. The predicted octanol–water partition coefficient (Wildman–Crippen LogP) is 0.821. The van der Waals surface area contributed by atoms with Crippen LogP contribution in [0.3, 0.4) is 0 Å². The van der Waals surface area contributed by atoms with Crippen molar-refractivity contribution in [2.45, 2.75) is 39.5 Å². The summed E-state index contributed by atoms with van der Waals surface area (Å²) in [6.45, 7) is 7.26. The third-order valence-corrected chi connectivity index (χ3v) is 4.32. The highest BCUT2D eigenvalue weighted by Gasteiger charge is 2.22. The van der Waals surface area contributed by atoms with Gasteiger partial charge in [-0.3, -0.25) is 0 Å². The molecule has 0 radical (unpaired) electrons.